The zero-order chi connectivity index (χ0) is 19.5. The molecular weight excluding hydrogens is 359 g/mol. The molecule has 2 heterocycles. The van der Waals surface area contributed by atoms with Crippen molar-refractivity contribution < 1.29 is 14.0 Å². The SMILES string of the molecule is O=C(Nc1cncc(-c2ccc(F)cc2)c1)c1ccnc(C(=O)NC2CC2)c1. The number of amides is 2. The number of carbonyl (C=O) groups is 2. The van der Waals surface area contributed by atoms with Crippen LogP contribution in [0.3, 0.4) is 0 Å². The summed E-state index contributed by atoms with van der Waals surface area (Å²) in [6, 6.07) is 11.0. The summed E-state index contributed by atoms with van der Waals surface area (Å²) >= 11 is 0. The van der Waals surface area contributed by atoms with Crippen LogP contribution >= 0.6 is 0 Å². The lowest BCUT2D eigenvalue weighted by Gasteiger charge is -2.08. The second kappa shape index (κ2) is 7.56. The molecule has 140 valence electrons. The molecule has 0 atom stereocenters. The van der Waals surface area contributed by atoms with E-state index in [0.29, 0.717) is 11.3 Å². The third-order valence-electron chi connectivity index (χ3n) is 4.34. The predicted octanol–water partition coefficient (Wildman–Crippen LogP) is 3.43. The Morgan fingerprint density at radius 1 is 0.964 bits per heavy atom. The summed E-state index contributed by atoms with van der Waals surface area (Å²) in [5.41, 5.74) is 2.55. The molecule has 4 rings (SSSR count). The zero-order valence-electron chi connectivity index (χ0n) is 14.9. The topological polar surface area (TPSA) is 84.0 Å². The normalized spacial score (nSPS) is 13.0. The maximum atomic E-state index is 13.1. The number of benzene rings is 1. The average Bonchev–Trinajstić information content (AvgIpc) is 3.53. The first-order valence-electron chi connectivity index (χ1n) is 8.88. The molecule has 1 aliphatic rings. The number of anilines is 1. The van der Waals surface area contributed by atoms with E-state index in [1.165, 1.54) is 30.6 Å². The molecule has 7 heteroatoms. The van der Waals surface area contributed by atoms with E-state index in [9.17, 15) is 14.0 Å². The monoisotopic (exact) mass is 376 g/mol. The molecule has 1 aliphatic carbocycles. The van der Waals surface area contributed by atoms with E-state index >= 15 is 0 Å². The highest BCUT2D eigenvalue weighted by Gasteiger charge is 2.24. The molecule has 6 nitrogen and oxygen atoms in total. The van der Waals surface area contributed by atoms with Crippen LogP contribution in [0.1, 0.15) is 33.7 Å². The number of hydrogen-bond acceptors (Lipinski definition) is 4. The maximum Gasteiger partial charge on any atom is 0.270 e. The molecule has 0 bridgehead atoms. The molecule has 2 amide bonds. The van der Waals surface area contributed by atoms with Crippen LogP contribution in [0, 0.1) is 5.82 Å². The molecular formula is C21H17FN4O2. The first-order chi connectivity index (χ1) is 13.6. The van der Waals surface area contributed by atoms with Crippen molar-refractivity contribution in [3.8, 4) is 11.1 Å². The van der Waals surface area contributed by atoms with Gasteiger partial charge in [-0.3, -0.25) is 19.6 Å². The molecule has 0 saturated heterocycles. The molecule has 1 aromatic carbocycles. The number of rotatable bonds is 5. The Morgan fingerprint density at radius 3 is 2.50 bits per heavy atom. The fourth-order valence-corrected chi connectivity index (χ4v) is 2.69. The van der Waals surface area contributed by atoms with Crippen LogP contribution < -0.4 is 10.6 Å². The highest BCUT2D eigenvalue weighted by molar-refractivity contribution is 6.05. The molecule has 0 unspecified atom stereocenters. The molecule has 0 aliphatic heterocycles. The van der Waals surface area contributed by atoms with Gasteiger partial charge in [-0.05, 0) is 48.7 Å². The van der Waals surface area contributed by atoms with E-state index in [0.717, 1.165) is 24.0 Å². The van der Waals surface area contributed by atoms with Crippen LogP contribution in [0.2, 0.25) is 0 Å². The van der Waals surface area contributed by atoms with Crippen LogP contribution in [0.4, 0.5) is 10.1 Å². The number of halogens is 1. The standard InChI is InChI=1S/C21H17FN4O2/c22-16-3-1-13(2-4-16)15-9-18(12-23-11-15)26-20(27)14-7-8-24-19(10-14)21(28)25-17-5-6-17/h1-4,7-12,17H,5-6H2,(H,25,28)(H,26,27). The number of nitrogens with zero attached hydrogens (tertiary/aromatic N) is 2. The van der Waals surface area contributed by atoms with E-state index in [-0.39, 0.29) is 29.4 Å². The van der Waals surface area contributed by atoms with Gasteiger partial charge in [0.2, 0.25) is 0 Å². The van der Waals surface area contributed by atoms with E-state index in [4.69, 9.17) is 0 Å². The Balaban J connectivity index is 1.50. The van der Waals surface area contributed by atoms with Crippen molar-refractivity contribution in [2.45, 2.75) is 18.9 Å². The van der Waals surface area contributed by atoms with Crippen molar-refractivity contribution >= 4 is 17.5 Å². The van der Waals surface area contributed by atoms with Gasteiger partial charge in [-0.1, -0.05) is 12.1 Å². The van der Waals surface area contributed by atoms with Crippen LogP contribution in [-0.2, 0) is 0 Å². The van der Waals surface area contributed by atoms with E-state index < -0.39 is 0 Å². The molecule has 3 aromatic rings. The lowest BCUT2D eigenvalue weighted by atomic mass is 10.1. The first kappa shape index (κ1) is 17.8. The second-order valence-electron chi connectivity index (χ2n) is 6.60. The summed E-state index contributed by atoms with van der Waals surface area (Å²) < 4.78 is 13.1. The van der Waals surface area contributed by atoms with E-state index in [1.54, 1.807) is 30.5 Å². The van der Waals surface area contributed by atoms with Crippen molar-refractivity contribution in [1.29, 1.82) is 0 Å². The smallest absolute Gasteiger partial charge is 0.270 e. The Hall–Kier alpha value is -3.61. The van der Waals surface area contributed by atoms with Crippen LogP contribution in [0.5, 0.6) is 0 Å². The highest BCUT2D eigenvalue weighted by atomic mass is 19.1. The quantitative estimate of drug-likeness (QED) is 0.715. The van der Waals surface area contributed by atoms with E-state index in [2.05, 4.69) is 20.6 Å². The summed E-state index contributed by atoms with van der Waals surface area (Å²) in [6.07, 6.45) is 6.54. The van der Waals surface area contributed by atoms with Gasteiger partial charge >= 0.3 is 0 Å². The highest BCUT2D eigenvalue weighted by Crippen LogP contribution is 2.22. The van der Waals surface area contributed by atoms with Gasteiger partial charge in [-0.25, -0.2) is 4.39 Å². The maximum absolute atomic E-state index is 13.1. The lowest BCUT2D eigenvalue weighted by molar-refractivity contribution is 0.0946. The molecule has 0 spiro atoms. The number of hydrogen-bond donors (Lipinski definition) is 2. The molecule has 2 N–H and O–H groups in total. The Labute approximate surface area is 160 Å². The number of aromatic nitrogens is 2. The Kier molecular flexibility index (Phi) is 4.80. The third kappa shape index (κ3) is 4.20. The van der Waals surface area contributed by atoms with Gasteiger partial charge in [-0.15, -0.1) is 0 Å². The first-order valence-corrected chi connectivity index (χ1v) is 8.88. The van der Waals surface area contributed by atoms with Crippen molar-refractivity contribution in [2.24, 2.45) is 0 Å². The van der Waals surface area contributed by atoms with Crippen molar-refractivity contribution in [2.75, 3.05) is 5.32 Å². The van der Waals surface area contributed by atoms with Gasteiger partial charge in [0.25, 0.3) is 11.8 Å². The van der Waals surface area contributed by atoms with Gasteiger partial charge in [0.1, 0.15) is 11.5 Å². The van der Waals surface area contributed by atoms with Gasteiger partial charge < -0.3 is 10.6 Å². The predicted molar refractivity (Wildman–Crippen MR) is 102 cm³/mol. The summed E-state index contributed by atoms with van der Waals surface area (Å²) in [7, 11) is 0. The summed E-state index contributed by atoms with van der Waals surface area (Å²) in [4.78, 5) is 32.8. The van der Waals surface area contributed by atoms with Crippen LogP contribution in [0.15, 0.2) is 61.1 Å². The second-order valence-corrected chi connectivity index (χ2v) is 6.60. The lowest BCUT2D eigenvalue weighted by Crippen LogP contribution is -2.26. The van der Waals surface area contributed by atoms with Crippen LogP contribution in [0.25, 0.3) is 11.1 Å². The number of nitrogens with one attached hydrogen (secondary N) is 2. The Bertz CT molecular complexity index is 1030. The largest absolute Gasteiger partial charge is 0.348 e. The summed E-state index contributed by atoms with van der Waals surface area (Å²) in [5, 5.41) is 5.61. The van der Waals surface area contributed by atoms with Gasteiger partial charge in [0, 0.05) is 29.6 Å². The molecule has 1 saturated carbocycles. The minimum absolute atomic E-state index is 0.206. The summed E-state index contributed by atoms with van der Waals surface area (Å²) in [6.45, 7) is 0. The van der Waals surface area contributed by atoms with Crippen molar-refractivity contribution in [3.05, 3.63) is 78.1 Å². The number of carbonyl (C=O) groups excluding carboxylic acids is 2. The van der Waals surface area contributed by atoms with Gasteiger partial charge in [-0.2, -0.15) is 0 Å². The average molecular weight is 376 g/mol. The van der Waals surface area contributed by atoms with Gasteiger partial charge in [0.15, 0.2) is 0 Å². The van der Waals surface area contributed by atoms with Crippen molar-refractivity contribution in [3.63, 3.8) is 0 Å². The van der Waals surface area contributed by atoms with Crippen molar-refractivity contribution in [1.82, 2.24) is 15.3 Å². The van der Waals surface area contributed by atoms with E-state index in [1.807, 2.05) is 0 Å². The Morgan fingerprint density at radius 2 is 1.75 bits per heavy atom. The summed E-state index contributed by atoms with van der Waals surface area (Å²) in [5.74, 6) is -0.974. The molecule has 28 heavy (non-hydrogen) atoms. The minimum Gasteiger partial charge on any atom is -0.348 e. The third-order valence-corrected chi connectivity index (χ3v) is 4.34. The fraction of sp³-hybridized carbons (Fsp3) is 0.143. The van der Waals surface area contributed by atoms with Crippen LogP contribution in [-0.4, -0.2) is 27.8 Å². The zero-order valence-corrected chi connectivity index (χ0v) is 14.9. The molecule has 1 fully saturated rings. The van der Waals surface area contributed by atoms with Gasteiger partial charge in [0.05, 0.1) is 11.9 Å². The molecule has 0 radical (unpaired) electrons. The molecule has 2 aromatic heterocycles. The number of pyridine rings is 2. The minimum atomic E-state index is -0.374. The fourth-order valence-electron chi connectivity index (χ4n) is 2.69.